The van der Waals surface area contributed by atoms with Gasteiger partial charge in [0.05, 0.1) is 25.4 Å². The summed E-state index contributed by atoms with van der Waals surface area (Å²) in [7, 11) is 0. The van der Waals surface area contributed by atoms with Crippen molar-refractivity contribution in [2.75, 3.05) is 39.4 Å². The standard InChI is InChI=1S/C22H32N2O4/c1-16-13-23(14-17(2)28-16)15-18-3-5-19(6-4-18)21(25)24-9-7-20(8-10-24)22-26-11-12-27-22/h3-6,16-17,20,22H,7-15H2,1-2H3. The first-order valence-electron chi connectivity index (χ1n) is 10.6. The molecule has 1 aromatic carbocycles. The number of benzene rings is 1. The second kappa shape index (κ2) is 8.91. The van der Waals surface area contributed by atoms with Crippen LogP contribution < -0.4 is 0 Å². The summed E-state index contributed by atoms with van der Waals surface area (Å²) in [5, 5.41) is 0. The van der Waals surface area contributed by atoms with Gasteiger partial charge < -0.3 is 19.1 Å². The van der Waals surface area contributed by atoms with Crippen LogP contribution in [0.15, 0.2) is 24.3 Å². The summed E-state index contributed by atoms with van der Waals surface area (Å²) < 4.78 is 17.1. The van der Waals surface area contributed by atoms with Crippen molar-refractivity contribution < 1.29 is 19.0 Å². The van der Waals surface area contributed by atoms with Gasteiger partial charge in [0.25, 0.3) is 5.91 Å². The molecule has 6 heteroatoms. The number of piperidine rings is 1. The molecule has 1 amide bonds. The third-order valence-electron chi connectivity index (χ3n) is 5.96. The normalized spacial score (nSPS) is 28.0. The molecule has 0 bridgehead atoms. The lowest BCUT2D eigenvalue weighted by Gasteiger charge is -2.35. The summed E-state index contributed by atoms with van der Waals surface area (Å²) in [6.45, 7) is 9.99. The first-order valence-corrected chi connectivity index (χ1v) is 10.6. The van der Waals surface area contributed by atoms with E-state index in [9.17, 15) is 4.79 Å². The molecule has 2 unspecified atom stereocenters. The first-order chi connectivity index (χ1) is 13.6. The Balaban J connectivity index is 1.29. The molecule has 2 atom stereocenters. The molecule has 3 aliphatic rings. The zero-order chi connectivity index (χ0) is 19.5. The lowest BCUT2D eigenvalue weighted by Crippen LogP contribution is -2.44. The molecule has 3 heterocycles. The van der Waals surface area contributed by atoms with Crippen LogP contribution in [0.4, 0.5) is 0 Å². The lowest BCUT2D eigenvalue weighted by molar-refractivity contribution is -0.0956. The number of nitrogens with zero attached hydrogens (tertiary/aromatic N) is 2. The van der Waals surface area contributed by atoms with E-state index >= 15 is 0 Å². The van der Waals surface area contributed by atoms with Crippen molar-refractivity contribution in [3.05, 3.63) is 35.4 Å². The first kappa shape index (κ1) is 19.8. The molecular formula is C22H32N2O4. The third kappa shape index (κ3) is 4.74. The Kier molecular flexibility index (Phi) is 6.31. The van der Waals surface area contributed by atoms with Gasteiger partial charge in [-0.2, -0.15) is 0 Å². The van der Waals surface area contributed by atoms with Crippen molar-refractivity contribution in [2.24, 2.45) is 5.92 Å². The van der Waals surface area contributed by atoms with E-state index in [-0.39, 0.29) is 24.4 Å². The highest BCUT2D eigenvalue weighted by molar-refractivity contribution is 5.94. The monoisotopic (exact) mass is 388 g/mol. The van der Waals surface area contributed by atoms with E-state index in [4.69, 9.17) is 14.2 Å². The minimum Gasteiger partial charge on any atom is -0.373 e. The van der Waals surface area contributed by atoms with Crippen LogP contribution in [0, 0.1) is 5.92 Å². The molecular weight excluding hydrogens is 356 g/mol. The predicted molar refractivity (Wildman–Crippen MR) is 106 cm³/mol. The summed E-state index contributed by atoms with van der Waals surface area (Å²) in [5.41, 5.74) is 2.02. The smallest absolute Gasteiger partial charge is 0.253 e. The number of hydrogen-bond donors (Lipinski definition) is 0. The van der Waals surface area contributed by atoms with Crippen molar-refractivity contribution in [2.45, 2.75) is 51.7 Å². The van der Waals surface area contributed by atoms with Crippen LogP contribution >= 0.6 is 0 Å². The second-order valence-electron chi connectivity index (χ2n) is 8.39. The molecule has 0 aliphatic carbocycles. The number of likely N-dealkylation sites (tertiary alicyclic amines) is 1. The van der Waals surface area contributed by atoms with Crippen molar-refractivity contribution in [3.8, 4) is 0 Å². The molecule has 3 aliphatic heterocycles. The fourth-order valence-electron chi connectivity index (χ4n) is 4.63. The SMILES string of the molecule is CC1CN(Cc2ccc(C(=O)N3CCC(C4OCCO4)CC3)cc2)CC(C)O1. The minimum atomic E-state index is -0.0674. The molecule has 0 saturated carbocycles. The molecule has 4 rings (SSSR count). The van der Waals surface area contributed by atoms with Gasteiger partial charge in [-0.25, -0.2) is 0 Å². The Morgan fingerprint density at radius 1 is 1.00 bits per heavy atom. The Morgan fingerprint density at radius 2 is 1.61 bits per heavy atom. The van der Waals surface area contributed by atoms with Crippen molar-refractivity contribution in [3.63, 3.8) is 0 Å². The molecule has 0 radical (unpaired) electrons. The van der Waals surface area contributed by atoms with Crippen LogP contribution in [0.5, 0.6) is 0 Å². The van der Waals surface area contributed by atoms with Gasteiger partial charge in [0, 0.05) is 44.2 Å². The molecule has 1 aromatic rings. The largest absolute Gasteiger partial charge is 0.373 e. The molecule has 28 heavy (non-hydrogen) atoms. The summed E-state index contributed by atoms with van der Waals surface area (Å²) in [4.78, 5) is 17.2. The molecule has 0 N–H and O–H groups in total. The van der Waals surface area contributed by atoms with Crippen LogP contribution in [-0.4, -0.2) is 73.6 Å². The number of hydrogen-bond acceptors (Lipinski definition) is 5. The van der Waals surface area contributed by atoms with Gasteiger partial charge in [-0.3, -0.25) is 9.69 Å². The minimum absolute atomic E-state index is 0.0674. The Bertz CT molecular complexity index is 641. The van der Waals surface area contributed by atoms with E-state index in [1.54, 1.807) is 0 Å². The highest BCUT2D eigenvalue weighted by Gasteiger charge is 2.32. The van der Waals surface area contributed by atoms with E-state index in [2.05, 4.69) is 30.9 Å². The summed E-state index contributed by atoms with van der Waals surface area (Å²) in [6, 6.07) is 8.12. The van der Waals surface area contributed by atoms with E-state index in [0.717, 1.165) is 51.1 Å². The predicted octanol–water partition coefficient (Wildman–Crippen LogP) is 2.52. The Labute approximate surface area is 167 Å². The summed E-state index contributed by atoms with van der Waals surface area (Å²) >= 11 is 0. The average Bonchev–Trinajstić information content (AvgIpc) is 3.22. The van der Waals surface area contributed by atoms with Gasteiger partial charge >= 0.3 is 0 Å². The number of ether oxygens (including phenoxy) is 3. The lowest BCUT2D eigenvalue weighted by atomic mass is 9.95. The third-order valence-corrected chi connectivity index (χ3v) is 5.96. The van der Waals surface area contributed by atoms with E-state index < -0.39 is 0 Å². The number of morpholine rings is 1. The van der Waals surface area contributed by atoms with Gasteiger partial charge in [-0.1, -0.05) is 12.1 Å². The van der Waals surface area contributed by atoms with Gasteiger partial charge in [-0.05, 0) is 44.4 Å². The van der Waals surface area contributed by atoms with Gasteiger partial charge in [0.2, 0.25) is 0 Å². The maximum atomic E-state index is 12.9. The zero-order valence-corrected chi connectivity index (χ0v) is 17.0. The topological polar surface area (TPSA) is 51.2 Å². The number of carbonyl (C=O) groups excluding carboxylic acids is 1. The zero-order valence-electron chi connectivity index (χ0n) is 17.0. The molecule has 0 aromatic heterocycles. The van der Waals surface area contributed by atoms with Crippen LogP contribution in [0.1, 0.15) is 42.6 Å². The maximum Gasteiger partial charge on any atom is 0.253 e. The van der Waals surface area contributed by atoms with Crippen LogP contribution in [0.25, 0.3) is 0 Å². The second-order valence-corrected chi connectivity index (χ2v) is 8.39. The quantitative estimate of drug-likeness (QED) is 0.793. The fraction of sp³-hybridized carbons (Fsp3) is 0.682. The molecule has 3 fully saturated rings. The molecule has 0 spiro atoms. The average molecular weight is 389 g/mol. The van der Waals surface area contributed by atoms with Gasteiger partial charge in [-0.15, -0.1) is 0 Å². The molecule has 6 nitrogen and oxygen atoms in total. The van der Waals surface area contributed by atoms with Crippen LogP contribution in [0.3, 0.4) is 0 Å². The van der Waals surface area contributed by atoms with E-state index in [1.807, 2.05) is 17.0 Å². The van der Waals surface area contributed by atoms with Crippen molar-refractivity contribution in [1.82, 2.24) is 9.80 Å². The number of amides is 1. The highest BCUT2D eigenvalue weighted by Crippen LogP contribution is 2.26. The fourth-order valence-corrected chi connectivity index (χ4v) is 4.63. The van der Waals surface area contributed by atoms with E-state index in [0.29, 0.717) is 19.1 Å². The van der Waals surface area contributed by atoms with Crippen molar-refractivity contribution >= 4 is 5.91 Å². The summed E-state index contributed by atoms with van der Waals surface area (Å²) in [6.07, 6.45) is 2.37. The Hall–Kier alpha value is -1.47. The molecule has 3 saturated heterocycles. The highest BCUT2D eigenvalue weighted by atomic mass is 16.7. The van der Waals surface area contributed by atoms with Gasteiger partial charge in [0.15, 0.2) is 6.29 Å². The van der Waals surface area contributed by atoms with Gasteiger partial charge in [0.1, 0.15) is 0 Å². The van der Waals surface area contributed by atoms with Crippen LogP contribution in [-0.2, 0) is 20.8 Å². The van der Waals surface area contributed by atoms with Crippen LogP contribution in [0.2, 0.25) is 0 Å². The molecule has 154 valence electrons. The van der Waals surface area contributed by atoms with Crippen molar-refractivity contribution in [1.29, 1.82) is 0 Å². The number of carbonyl (C=O) groups is 1. The number of rotatable bonds is 4. The van der Waals surface area contributed by atoms with E-state index in [1.165, 1.54) is 5.56 Å². The maximum absolute atomic E-state index is 12.9. The Morgan fingerprint density at radius 3 is 2.21 bits per heavy atom. The summed E-state index contributed by atoms with van der Waals surface area (Å²) in [5.74, 6) is 0.541.